The fraction of sp³-hybridized carbons (Fsp3) is 0.533. The Morgan fingerprint density at radius 2 is 2.11 bits per heavy atom. The molecule has 2 aromatic rings. The van der Waals surface area contributed by atoms with Gasteiger partial charge < -0.3 is 9.88 Å². The number of nitrogens with zero attached hydrogens (tertiary/aromatic N) is 2. The Bertz CT molecular complexity index is 520. The average molecular weight is 245 g/mol. The van der Waals surface area contributed by atoms with Gasteiger partial charge in [-0.3, -0.25) is 0 Å². The summed E-state index contributed by atoms with van der Waals surface area (Å²) >= 11 is 0. The fourth-order valence-corrected chi connectivity index (χ4v) is 2.15. The number of aryl methyl sites for hydroxylation is 1. The van der Waals surface area contributed by atoms with Gasteiger partial charge in [-0.05, 0) is 36.6 Å². The summed E-state index contributed by atoms with van der Waals surface area (Å²) in [5.74, 6) is 0. The third kappa shape index (κ3) is 2.91. The summed E-state index contributed by atoms with van der Waals surface area (Å²) in [6, 6.07) is 4.16. The van der Waals surface area contributed by atoms with E-state index in [-0.39, 0.29) is 0 Å². The lowest BCUT2D eigenvalue weighted by Crippen LogP contribution is -2.10. The van der Waals surface area contributed by atoms with Gasteiger partial charge in [-0.1, -0.05) is 20.8 Å². The maximum atomic E-state index is 4.52. The van der Waals surface area contributed by atoms with Crippen LogP contribution in [-0.2, 0) is 13.1 Å². The van der Waals surface area contributed by atoms with Crippen LogP contribution in [0.2, 0.25) is 0 Å². The maximum absolute atomic E-state index is 4.52. The predicted octanol–water partition coefficient (Wildman–Crippen LogP) is 3.19. The number of rotatable bonds is 4. The molecule has 2 aromatic heterocycles. The minimum atomic E-state index is 0.356. The highest BCUT2D eigenvalue weighted by molar-refractivity contribution is 5.80. The highest BCUT2D eigenvalue weighted by Crippen LogP contribution is 2.23. The van der Waals surface area contributed by atoms with Crippen molar-refractivity contribution in [2.75, 3.05) is 7.05 Å². The van der Waals surface area contributed by atoms with Crippen LogP contribution in [0.15, 0.2) is 24.5 Å². The lowest BCUT2D eigenvalue weighted by atomic mass is 9.92. The van der Waals surface area contributed by atoms with Crippen LogP contribution in [0.3, 0.4) is 0 Å². The molecule has 2 heterocycles. The molecule has 1 N–H and O–H groups in total. The molecule has 0 fully saturated rings. The largest absolute Gasteiger partial charge is 0.332 e. The number of nitrogens with one attached hydrogen (secondary N) is 1. The predicted molar refractivity (Wildman–Crippen MR) is 76.6 cm³/mol. The van der Waals surface area contributed by atoms with E-state index in [9.17, 15) is 0 Å². The van der Waals surface area contributed by atoms with Crippen LogP contribution in [0.4, 0.5) is 0 Å². The van der Waals surface area contributed by atoms with Crippen LogP contribution in [0.25, 0.3) is 11.0 Å². The molecular weight excluding hydrogens is 222 g/mol. The van der Waals surface area contributed by atoms with Gasteiger partial charge in [-0.25, -0.2) is 4.98 Å². The molecule has 2 rings (SSSR count). The summed E-state index contributed by atoms with van der Waals surface area (Å²) in [6.07, 6.45) is 5.27. The molecule has 0 bridgehead atoms. The summed E-state index contributed by atoms with van der Waals surface area (Å²) < 4.78 is 2.28. The standard InChI is InChI=1S/C15H23N3/c1-15(2,3)7-9-18-11-12(10-16-4)13-6-5-8-17-14(13)18/h5-6,8,11,16H,7,9-10H2,1-4H3. The van der Waals surface area contributed by atoms with Gasteiger partial charge in [-0.2, -0.15) is 0 Å². The molecule has 0 aromatic carbocycles. The zero-order valence-electron chi connectivity index (χ0n) is 11.8. The van der Waals surface area contributed by atoms with Gasteiger partial charge >= 0.3 is 0 Å². The van der Waals surface area contributed by atoms with E-state index in [1.54, 1.807) is 0 Å². The molecule has 0 atom stereocenters. The number of pyridine rings is 1. The van der Waals surface area contributed by atoms with Crippen molar-refractivity contribution in [3.8, 4) is 0 Å². The molecule has 0 spiro atoms. The molecule has 98 valence electrons. The summed E-state index contributed by atoms with van der Waals surface area (Å²) in [6.45, 7) is 8.76. The van der Waals surface area contributed by atoms with Crippen molar-refractivity contribution in [3.63, 3.8) is 0 Å². The van der Waals surface area contributed by atoms with Crippen LogP contribution < -0.4 is 5.32 Å². The molecule has 0 unspecified atom stereocenters. The molecule has 0 saturated heterocycles. The Labute approximate surface area is 109 Å². The highest BCUT2D eigenvalue weighted by Gasteiger charge is 2.13. The summed E-state index contributed by atoms with van der Waals surface area (Å²) in [5.41, 5.74) is 2.79. The highest BCUT2D eigenvalue weighted by atomic mass is 15.0. The Kier molecular flexibility index (Phi) is 3.71. The van der Waals surface area contributed by atoms with Gasteiger partial charge in [0.15, 0.2) is 0 Å². The molecule has 18 heavy (non-hydrogen) atoms. The Morgan fingerprint density at radius 1 is 1.33 bits per heavy atom. The number of aromatic nitrogens is 2. The summed E-state index contributed by atoms with van der Waals surface area (Å²) in [7, 11) is 1.98. The van der Waals surface area contributed by atoms with Crippen molar-refractivity contribution in [1.82, 2.24) is 14.9 Å². The second kappa shape index (κ2) is 5.11. The van der Waals surface area contributed by atoms with Crippen LogP contribution >= 0.6 is 0 Å². The first-order valence-electron chi connectivity index (χ1n) is 6.58. The van der Waals surface area contributed by atoms with Crippen LogP contribution in [0.5, 0.6) is 0 Å². The topological polar surface area (TPSA) is 29.9 Å². The van der Waals surface area contributed by atoms with Gasteiger partial charge in [0.1, 0.15) is 5.65 Å². The van der Waals surface area contributed by atoms with E-state index in [2.05, 4.69) is 47.9 Å². The second-order valence-electron chi connectivity index (χ2n) is 6.06. The van der Waals surface area contributed by atoms with Crippen molar-refractivity contribution < 1.29 is 0 Å². The first-order chi connectivity index (χ1) is 8.51. The second-order valence-corrected chi connectivity index (χ2v) is 6.06. The molecule has 0 amide bonds. The zero-order chi connectivity index (χ0) is 13.2. The molecule has 0 saturated carbocycles. The number of fused-ring (bicyclic) bond motifs is 1. The molecule has 0 aliphatic heterocycles. The van der Waals surface area contributed by atoms with E-state index in [4.69, 9.17) is 0 Å². The van der Waals surface area contributed by atoms with Gasteiger partial charge in [0.2, 0.25) is 0 Å². The first-order valence-corrected chi connectivity index (χ1v) is 6.58. The molecule has 3 nitrogen and oxygen atoms in total. The van der Waals surface area contributed by atoms with E-state index < -0.39 is 0 Å². The van der Waals surface area contributed by atoms with E-state index in [1.165, 1.54) is 10.9 Å². The Morgan fingerprint density at radius 3 is 2.78 bits per heavy atom. The first kappa shape index (κ1) is 13.1. The zero-order valence-corrected chi connectivity index (χ0v) is 11.8. The van der Waals surface area contributed by atoms with Gasteiger partial charge in [0.05, 0.1) is 0 Å². The summed E-state index contributed by atoms with van der Waals surface area (Å²) in [5, 5.41) is 4.49. The number of hydrogen-bond donors (Lipinski definition) is 1. The molecule has 3 heteroatoms. The van der Waals surface area contributed by atoms with Crippen molar-refractivity contribution in [2.24, 2.45) is 5.41 Å². The third-order valence-corrected chi connectivity index (χ3v) is 3.19. The lowest BCUT2D eigenvalue weighted by molar-refractivity contribution is 0.352. The van der Waals surface area contributed by atoms with E-state index in [0.29, 0.717) is 5.41 Å². The Balaban J connectivity index is 2.32. The SMILES string of the molecule is CNCc1cn(CCC(C)(C)C)c2ncccc12. The van der Waals surface area contributed by atoms with Gasteiger partial charge in [0, 0.05) is 30.9 Å². The minimum absolute atomic E-state index is 0.356. The number of hydrogen-bond acceptors (Lipinski definition) is 2. The van der Waals surface area contributed by atoms with Gasteiger partial charge in [0.25, 0.3) is 0 Å². The van der Waals surface area contributed by atoms with Crippen molar-refractivity contribution >= 4 is 11.0 Å². The monoisotopic (exact) mass is 245 g/mol. The van der Waals surface area contributed by atoms with Crippen LogP contribution in [0.1, 0.15) is 32.8 Å². The molecule has 0 aliphatic carbocycles. The van der Waals surface area contributed by atoms with Crippen LogP contribution in [-0.4, -0.2) is 16.6 Å². The smallest absolute Gasteiger partial charge is 0.140 e. The van der Waals surface area contributed by atoms with Gasteiger partial charge in [-0.15, -0.1) is 0 Å². The quantitative estimate of drug-likeness (QED) is 0.896. The van der Waals surface area contributed by atoms with E-state index in [1.807, 2.05) is 19.3 Å². The van der Waals surface area contributed by atoms with Crippen LogP contribution in [0, 0.1) is 5.41 Å². The van der Waals surface area contributed by atoms with Crippen molar-refractivity contribution in [3.05, 3.63) is 30.1 Å². The van der Waals surface area contributed by atoms with Crippen molar-refractivity contribution in [1.29, 1.82) is 0 Å². The average Bonchev–Trinajstić information content (AvgIpc) is 2.65. The molecular formula is C15H23N3. The van der Waals surface area contributed by atoms with Crippen molar-refractivity contribution in [2.45, 2.75) is 40.3 Å². The Hall–Kier alpha value is -1.35. The third-order valence-electron chi connectivity index (χ3n) is 3.19. The minimum Gasteiger partial charge on any atom is -0.332 e. The molecule has 0 radical (unpaired) electrons. The molecule has 0 aliphatic rings. The normalized spacial score (nSPS) is 12.2. The maximum Gasteiger partial charge on any atom is 0.140 e. The van der Waals surface area contributed by atoms with E-state index in [0.717, 1.165) is 25.2 Å². The van der Waals surface area contributed by atoms with E-state index >= 15 is 0 Å². The summed E-state index contributed by atoms with van der Waals surface area (Å²) in [4.78, 5) is 4.52. The lowest BCUT2D eigenvalue weighted by Gasteiger charge is -2.18. The fourth-order valence-electron chi connectivity index (χ4n) is 2.15.